The predicted molar refractivity (Wildman–Crippen MR) is 127 cm³/mol. The lowest BCUT2D eigenvalue weighted by Gasteiger charge is -2.32. The Kier molecular flexibility index (Phi) is 6.54. The molecule has 5 heteroatoms. The maximum Gasteiger partial charge on any atom is 0.265 e. The number of anilines is 1. The molecular weight excluding hydrogens is 400 g/mol. The van der Waals surface area contributed by atoms with Crippen molar-refractivity contribution < 1.29 is 14.3 Å². The number of fused-ring (bicyclic) bond motifs is 1. The summed E-state index contributed by atoms with van der Waals surface area (Å²) in [6, 6.07) is 14.0. The van der Waals surface area contributed by atoms with Crippen LogP contribution in [0.3, 0.4) is 0 Å². The van der Waals surface area contributed by atoms with E-state index < -0.39 is 0 Å². The highest BCUT2D eigenvalue weighted by atomic mass is 16.5. The Morgan fingerprint density at radius 3 is 2.66 bits per heavy atom. The average Bonchev–Trinajstić information content (AvgIpc) is 2.81. The number of carbonyl (C=O) groups is 2. The van der Waals surface area contributed by atoms with Gasteiger partial charge in [-0.15, -0.1) is 0 Å². The summed E-state index contributed by atoms with van der Waals surface area (Å²) in [6.45, 7) is 7.03. The lowest BCUT2D eigenvalue weighted by Crippen LogP contribution is -2.38. The molecule has 32 heavy (non-hydrogen) atoms. The van der Waals surface area contributed by atoms with E-state index in [-0.39, 0.29) is 29.9 Å². The summed E-state index contributed by atoms with van der Waals surface area (Å²) in [5.41, 5.74) is 3.58. The van der Waals surface area contributed by atoms with Crippen LogP contribution in [0.25, 0.3) is 0 Å². The van der Waals surface area contributed by atoms with Crippen LogP contribution in [0.1, 0.15) is 80.8 Å². The number of hydrogen-bond donors (Lipinski definition) is 1. The molecule has 0 aromatic heterocycles. The van der Waals surface area contributed by atoms with Gasteiger partial charge >= 0.3 is 0 Å². The predicted octanol–water partition coefficient (Wildman–Crippen LogP) is 5.36. The molecule has 170 valence electrons. The van der Waals surface area contributed by atoms with Crippen LogP contribution in [-0.2, 0) is 16.8 Å². The van der Waals surface area contributed by atoms with Gasteiger partial charge in [0.15, 0.2) is 6.61 Å². The maximum absolute atomic E-state index is 12.8. The minimum Gasteiger partial charge on any atom is -0.482 e. The number of amides is 2. The summed E-state index contributed by atoms with van der Waals surface area (Å²) in [7, 11) is 0. The van der Waals surface area contributed by atoms with Crippen molar-refractivity contribution in [1.82, 2.24) is 5.32 Å². The van der Waals surface area contributed by atoms with Crippen molar-refractivity contribution >= 4 is 17.5 Å². The topological polar surface area (TPSA) is 58.6 Å². The van der Waals surface area contributed by atoms with E-state index in [4.69, 9.17) is 4.74 Å². The molecule has 2 aliphatic rings. The fourth-order valence-corrected chi connectivity index (χ4v) is 4.51. The highest BCUT2D eigenvalue weighted by molar-refractivity contribution is 5.98. The minimum absolute atomic E-state index is 0.0122. The molecule has 1 saturated carbocycles. The van der Waals surface area contributed by atoms with Crippen LogP contribution in [0, 0.1) is 0 Å². The molecule has 0 bridgehead atoms. The summed E-state index contributed by atoms with van der Waals surface area (Å²) >= 11 is 0. The first-order chi connectivity index (χ1) is 15.4. The van der Waals surface area contributed by atoms with Gasteiger partial charge in [-0.3, -0.25) is 9.59 Å². The molecule has 0 spiro atoms. The van der Waals surface area contributed by atoms with Crippen LogP contribution in [0.4, 0.5) is 5.69 Å². The van der Waals surface area contributed by atoms with Gasteiger partial charge in [0.1, 0.15) is 5.75 Å². The van der Waals surface area contributed by atoms with Crippen LogP contribution in [-0.4, -0.2) is 24.5 Å². The Hall–Kier alpha value is -2.82. The van der Waals surface area contributed by atoms with Crippen LogP contribution < -0.4 is 15.0 Å². The Bertz CT molecular complexity index is 992. The fraction of sp³-hybridized carbons (Fsp3) is 0.481. The van der Waals surface area contributed by atoms with Crippen molar-refractivity contribution in [2.45, 2.75) is 77.3 Å². The maximum atomic E-state index is 12.8. The van der Waals surface area contributed by atoms with Gasteiger partial charge in [0.25, 0.3) is 11.8 Å². The lowest BCUT2D eigenvalue weighted by atomic mass is 9.82. The molecular formula is C27H34N2O3. The minimum atomic E-state index is -0.0685. The molecule has 2 aromatic rings. The zero-order valence-electron chi connectivity index (χ0n) is 19.4. The van der Waals surface area contributed by atoms with Gasteiger partial charge in [0.2, 0.25) is 0 Å². The molecule has 0 unspecified atom stereocenters. The number of benzene rings is 2. The highest BCUT2D eigenvalue weighted by Crippen LogP contribution is 2.38. The zero-order valence-corrected chi connectivity index (χ0v) is 19.4. The van der Waals surface area contributed by atoms with E-state index in [1.54, 1.807) is 4.90 Å². The monoisotopic (exact) mass is 434 g/mol. The number of nitrogens with zero attached hydrogens (tertiary/aromatic N) is 1. The molecule has 1 aliphatic heterocycles. The summed E-state index contributed by atoms with van der Waals surface area (Å²) in [5, 5.41) is 3.18. The average molecular weight is 435 g/mol. The lowest BCUT2D eigenvalue weighted by molar-refractivity contribution is -0.121. The number of nitrogens with one attached hydrogen (secondary N) is 1. The van der Waals surface area contributed by atoms with Gasteiger partial charge in [-0.1, -0.05) is 58.2 Å². The molecule has 1 N–H and O–H groups in total. The molecule has 0 atom stereocenters. The number of ether oxygens (including phenoxy) is 1. The SMILES string of the molecule is CCC(C)(C)c1ccc2c(c1)N(Cc1cccc(C(=O)NC3CCCCC3)c1)C(=O)CO2. The third-order valence-electron chi connectivity index (χ3n) is 7.04. The fourth-order valence-electron chi connectivity index (χ4n) is 4.51. The number of carbonyl (C=O) groups excluding carboxylic acids is 2. The van der Waals surface area contributed by atoms with Gasteiger partial charge in [0.05, 0.1) is 12.2 Å². The van der Waals surface area contributed by atoms with E-state index in [9.17, 15) is 9.59 Å². The zero-order chi connectivity index (χ0) is 22.7. The summed E-state index contributed by atoms with van der Waals surface area (Å²) in [4.78, 5) is 27.4. The number of hydrogen-bond acceptors (Lipinski definition) is 3. The van der Waals surface area contributed by atoms with E-state index in [0.29, 0.717) is 12.1 Å². The summed E-state index contributed by atoms with van der Waals surface area (Å²) in [5.74, 6) is 0.631. The van der Waals surface area contributed by atoms with E-state index >= 15 is 0 Å². The second-order valence-corrected chi connectivity index (χ2v) is 9.70. The molecule has 0 saturated heterocycles. The van der Waals surface area contributed by atoms with Crippen molar-refractivity contribution in [2.24, 2.45) is 0 Å². The quantitative estimate of drug-likeness (QED) is 0.666. The first-order valence-electron chi connectivity index (χ1n) is 11.8. The van der Waals surface area contributed by atoms with Gasteiger partial charge in [-0.25, -0.2) is 0 Å². The Morgan fingerprint density at radius 1 is 1.12 bits per heavy atom. The Labute approximate surface area is 191 Å². The van der Waals surface area contributed by atoms with Gasteiger partial charge in [-0.2, -0.15) is 0 Å². The second kappa shape index (κ2) is 9.35. The first kappa shape index (κ1) is 22.4. The van der Waals surface area contributed by atoms with Gasteiger partial charge in [-0.05, 0) is 60.1 Å². The van der Waals surface area contributed by atoms with Crippen molar-refractivity contribution in [3.63, 3.8) is 0 Å². The van der Waals surface area contributed by atoms with E-state index in [1.807, 2.05) is 30.3 Å². The van der Waals surface area contributed by atoms with Crippen LogP contribution in [0.5, 0.6) is 5.75 Å². The van der Waals surface area contributed by atoms with Gasteiger partial charge in [0, 0.05) is 11.6 Å². The van der Waals surface area contributed by atoms with Crippen LogP contribution in [0.15, 0.2) is 42.5 Å². The van der Waals surface area contributed by atoms with Crippen molar-refractivity contribution in [1.29, 1.82) is 0 Å². The van der Waals surface area contributed by atoms with Crippen molar-refractivity contribution in [3.05, 3.63) is 59.2 Å². The second-order valence-electron chi connectivity index (χ2n) is 9.70. The molecule has 1 fully saturated rings. The molecule has 0 radical (unpaired) electrons. The first-order valence-corrected chi connectivity index (χ1v) is 11.8. The van der Waals surface area contributed by atoms with Crippen molar-refractivity contribution in [3.8, 4) is 5.75 Å². The van der Waals surface area contributed by atoms with Crippen molar-refractivity contribution in [2.75, 3.05) is 11.5 Å². The van der Waals surface area contributed by atoms with Crippen LogP contribution >= 0.6 is 0 Å². The smallest absolute Gasteiger partial charge is 0.265 e. The highest BCUT2D eigenvalue weighted by Gasteiger charge is 2.28. The summed E-state index contributed by atoms with van der Waals surface area (Å²) < 4.78 is 5.70. The summed E-state index contributed by atoms with van der Waals surface area (Å²) in [6.07, 6.45) is 6.73. The third-order valence-corrected chi connectivity index (χ3v) is 7.04. The van der Waals surface area contributed by atoms with E-state index in [1.165, 1.54) is 24.8 Å². The van der Waals surface area contributed by atoms with E-state index in [0.717, 1.165) is 36.3 Å². The molecule has 2 amide bonds. The van der Waals surface area contributed by atoms with Gasteiger partial charge < -0.3 is 15.0 Å². The molecule has 4 rings (SSSR count). The molecule has 5 nitrogen and oxygen atoms in total. The Balaban J connectivity index is 1.55. The van der Waals surface area contributed by atoms with Crippen LogP contribution in [0.2, 0.25) is 0 Å². The normalized spacial score (nSPS) is 17.0. The molecule has 2 aromatic carbocycles. The molecule has 1 heterocycles. The Morgan fingerprint density at radius 2 is 1.91 bits per heavy atom. The molecule has 1 aliphatic carbocycles. The largest absolute Gasteiger partial charge is 0.482 e. The standard InChI is InChI=1S/C27H34N2O3/c1-4-27(2,3)21-13-14-24-23(16-21)29(25(30)18-32-24)17-19-9-8-10-20(15-19)26(31)28-22-11-6-5-7-12-22/h8-10,13-16,22H,4-7,11-12,17-18H2,1-3H3,(H,28,31). The third kappa shape index (κ3) is 4.82. The van der Waals surface area contributed by atoms with E-state index in [2.05, 4.69) is 38.2 Å². The number of rotatable bonds is 6.